The van der Waals surface area contributed by atoms with E-state index in [9.17, 15) is 5.11 Å². The van der Waals surface area contributed by atoms with Crippen LogP contribution in [0.25, 0.3) is 0 Å². The van der Waals surface area contributed by atoms with Crippen molar-refractivity contribution in [3.8, 4) is 0 Å². The Hall–Kier alpha value is -0.160. The molecule has 0 aromatic heterocycles. The third kappa shape index (κ3) is 5.03. The average Bonchev–Trinajstić information content (AvgIpc) is 3.07. The van der Waals surface area contributed by atoms with Crippen LogP contribution in [0, 0.1) is 0 Å². The Bertz CT molecular complexity index is 265. The van der Waals surface area contributed by atoms with Crippen LogP contribution in [-0.4, -0.2) is 60.5 Å². The molecule has 19 heavy (non-hydrogen) atoms. The van der Waals surface area contributed by atoms with Gasteiger partial charge in [-0.25, -0.2) is 0 Å². The molecule has 4 nitrogen and oxygen atoms in total. The quantitative estimate of drug-likeness (QED) is 0.664. The first-order chi connectivity index (χ1) is 9.15. The minimum atomic E-state index is -0.120. The molecule has 0 aromatic rings. The van der Waals surface area contributed by atoms with E-state index in [0.717, 1.165) is 32.7 Å². The van der Waals surface area contributed by atoms with E-state index >= 15 is 0 Å². The fraction of sp³-hybridized carbons (Fsp3) is 1.00. The molecule has 0 radical (unpaired) electrons. The number of rotatable bonds is 9. The van der Waals surface area contributed by atoms with Crippen LogP contribution in [0.15, 0.2) is 0 Å². The van der Waals surface area contributed by atoms with E-state index in [-0.39, 0.29) is 12.1 Å². The molecule has 1 saturated heterocycles. The van der Waals surface area contributed by atoms with Crippen molar-refractivity contribution < 1.29 is 9.84 Å². The third-order valence-corrected chi connectivity index (χ3v) is 4.39. The van der Waals surface area contributed by atoms with Crippen LogP contribution in [0.3, 0.4) is 0 Å². The second-order valence-electron chi connectivity index (χ2n) is 6.42. The summed E-state index contributed by atoms with van der Waals surface area (Å²) in [4.78, 5) is 2.46. The molecule has 2 atom stereocenters. The molecule has 1 aliphatic carbocycles. The zero-order valence-corrected chi connectivity index (χ0v) is 12.5. The van der Waals surface area contributed by atoms with E-state index < -0.39 is 0 Å². The topological polar surface area (TPSA) is 44.7 Å². The molecule has 1 saturated carbocycles. The summed E-state index contributed by atoms with van der Waals surface area (Å²) in [6.07, 6.45) is 6.37. The summed E-state index contributed by atoms with van der Waals surface area (Å²) in [5.74, 6) is 0. The Morgan fingerprint density at radius 3 is 2.68 bits per heavy atom. The van der Waals surface area contributed by atoms with Crippen LogP contribution < -0.4 is 5.32 Å². The molecule has 2 rings (SSSR count). The first-order valence-corrected chi connectivity index (χ1v) is 7.88. The number of nitrogens with one attached hydrogen (secondary N) is 1. The summed E-state index contributed by atoms with van der Waals surface area (Å²) < 4.78 is 5.71. The van der Waals surface area contributed by atoms with Crippen molar-refractivity contribution >= 4 is 0 Å². The predicted molar refractivity (Wildman–Crippen MR) is 77.4 cm³/mol. The van der Waals surface area contributed by atoms with Crippen LogP contribution in [0.1, 0.15) is 46.0 Å². The highest BCUT2D eigenvalue weighted by Crippen LogP contribution is 2.24. The Morgan fingerprint density at radius 2 is 2.16 bits per heavy atom. The van der Waals surface area contributed by atoms with Gasteiger partial charge in [0.05, 0.1) is 12.7 Å². The monoisotopic (exact) mass is 270 g/mol. The summed E-state index contributed by atoms with van der Waals surface area (Å²) >= 11 is 0. The second kappa shape index (κ2) is 7.02. The van der Waals surface area contributed by atoms with Gasteiger partial charge >= 0.3 is 0 Å². The van der Waals surface area contributed by atoms with Crippen LogP contribution in [0.4, 0.5) is 0 Å². The van der Waals surface area contributed by atoms with Gasteiger partial charge in [-0.2, -0.15) is 0 Å². The molecule has 1 heterocycles. The van der Waals surface area contributed by atoms with Crippen LogP contribution in [-0.2, 0) is 4.74 Å². The average molecular weight is 270 g/mol. The van der Waals surface area contributed by atoms with Crippen molar-refractivity contribution in [1.82, 2.24) is 10.2 Å². The van der Waals surface area contributed by atoms with Gasteiger partial charge in [-0.1, -0.05) is 6.92 Å². The zero-order chi connectivity index (χ0) is 13.7. The van der Waals surface area contributed by atoms with E-state index in [1.54, 1.807) is 0 Å². The standard InChI is InChI=1S/C15H30N2O2/c1-3-17(11-14-5-4-10-19-14)9-8-15(2,12-18)16-13-6-7-13/h13-14,16,18H,3-12H2,1-2H3. The number of aliphatic hydroxyl groups excluding tert-OH is 1. The molecule has 0 spiro atoms. The first kappa shape index (κ1) is 15.2. The highest BCUT2D eigenvalue weighted by atomic mass is 16.5. The maximum Gasteiger partial charge on any atom is 0.0702 e. The number of aliphatic hydroxyl groups is 1. The highest BCUT2D eigenvalue weighted by molar-refractivity contribution is 4.92. The first-order valence-electron chi connectivity index (χ1n) is 7.88. The van der Waals surface area contributed by atoms with Crippen molar-refractivity contribution in [2.24, 2.45) is 0 Å². The van der Waals surface area contributed by atoms with Crippen LogP contribution in [0.5, 0.6) is 0 Å². The molecular weight excluding hydrogens is 240 g/mol. The van der Waals surface area contributed by atoms with Gasteiger partial charge in [-0.15, -0.1) is 0 Å². The molecule has 0 aromatic carbocycles. The van der Waals surface area contributed by atoms with Gasteiger partial charge < -0.3 is 20.1 Å². The molecule has 0 amide bonds. The lowest BCUT2D eigenvalue weighted by atomic mass is 9.98. The van der Waals surface area contributed by atoms with Gasteiger partial charge in [0, 0.05) is 31.3 Å². The molecule has 2 unspecified atom stereocenters. The Kier molecular flexibility index (Phi) is 5.63. The Balaban J connectivity index is 1.73. The maximum atomic E-state index is 9.63. The fourth-order valence-electron chi connectivity index (χ4n) is 2.78. The lowest BCUT2D eigenvalue weighted by molar-refractivity contribution is 0.0680. The second-order valence-corrected chi connectivity index (χ2v) is 6.42. The van der Waals surface area contributed by atoms with E-state index in [0.29, 0.717) is 12.1 Å². The maximum absolute atomic E-state index is 9.63. The summed E-state index contributed by atoms with van der Waals surface area (Å²) in [6, 6.07) is 0.644. The Morgan fingerprint density at radius 1 is 1.37 bits per heavy atom. The number of likely N-dealkylation sites (N-methyl/N-ethyl adjacent to an activating group) is 1. The van der Waals surface area contributed by atoms with Crippen LogP contribution >= 0.6 is 0 Å². The summed E-state index contributed by atoms with van der Waals surface area (Å²) in [5.41, 5.74) is -0.120. The van der Waals surface area contributed by atoms with Gasteiger partial charge in [0.2, 0.25) is 0 Å². The number of hydrogen-bond donors (Lipinski definition) is 2. The van der Waals surface area contributed by atoms with Crippen molar-refractivity contribution in [3.05, 3.63) is 0 Å². The predicted octanol–water partition coefficient (Wildman–Crippen LogP) is 1.38. The minimum Gasteiger partial charge on any atom is -0.394 e. The van der Waals surface area contributed by atoms with Crippen LogP contribution in [0.2, 0.25) is 0 Å². The van der Waals surface area contributed by atoms with E-state index in [2.05, 4.69) is 24.1 Å². The van der Waals surface area contributed by atoms with Crippen molar-refractivity contribution in [2.45, 2.75) is 63.6 Å². The third-order valence-electron chi connectivity index (χ3n) is 4.39. The Labute approximate surface area is 117 Å². The summed E-state index contributed by atoms with van der Waals surface area (Å²) in [5, 5.41) is 13.2. The number of ether oxygens (including phenoxy) is 1. The van der Waals surface area contributed by atoms with Gasteiger partial charge in [-0.05, 0) is 45.6 Å². The molecule has 1 aliphatic heterocycles. The molecule has 2 aliphatic rings. The van der Waals surface area contributed by atoms with Gasteiger partial charge in [0.15, 0.2) is 0 Å². The van der Waals surface area contributed by atoms with Crippen molar-refractivity contribution in [1.29, 1.82) is 0 Å². The molecule has 0 bridgehead atoms. The summed E-state index contributed by atoms with van der Waals surface area (Å²) in [6.45, 7) is 8.64. The van der Waals surface area contributed by atoms with Crippen molar-refractivity contribution in [3.63, 3.8) is 0 Å². The van der Waals surface area contributed by atoms with E-state index in [4.69, 9.17) is 4.74 Å². The number of nitrogens with zero attached hydrogens (tertiary/aromatic N) is 1. The zero-order valence-electron chi connectivity index (χ0n) is 12.5. The van der Waals surface area contributed by atoms with E-state index in [1.807, 2.05) is 0 Å². The lowest BCUT2D eigenvalue weighted by Crippen LogP contribution is -2.49. The normalized spacial score (nSPS) is 26.8. The van der Waals surface area contributed by atoms with Gasteiger partial charge in [0.1, 0.15) is 0 Å². The fourth-order valence-corrected chi connectivity index (χ4v) is 2.78. The SMILES string of the molecule is CCN(CCC(C)(CO)NC1CC1)CC1CCCO1. The minimum absolute atomic E-state index is 0.120. The number of hydrogen-bond acceptors (Lipinski definition) is 4. The largest absolute Gasteiger partial charge is 0.394 e. The molecule has 4 heteroatoms. The van der Waals surface area contributed by atoms with Gasteiger partial charge in [-0.3, -0.25) is 0 Å². The van der Waals surface area contributed by atoms with E-state index in [1.165, 1.54) is 25.7 Å². The highest BCUT2D eigenvalue weighted by Gasteiger charge is 2.32. The van der Waals surface area contributed by atoms with Gasteiger partial charge in [0.25, 0.3) is 0 Å². The summed E-state index contributed by atoms with van der Waals surface area (Å²) in [7, 11) is 0. The lowest BCUT2D eigenvalue weighted by Gasteiger charge is -2.32. The molecular formula is C15H30N2O2. The molecule has 2 N–H and O–H groups in total. The molecule has 2 fully saturated rings. The molecule has 112 valence electrons. The smallest absolute Gasteiger partial charge is 0.0702 e. The van der Waals surface area contributed by atoms with Crippen molar-refractivity contribution in [2.75, 3.05) is 32.8 Å².